The molecule has 0 amide bonds. The van der Waals surface area contributed by atoms with E-state index in [2.05, 4.69) is 0 Å². The van der Waals surface area contributed by atoms with Gasteiger partial charge in [0.25, 0.3) is 0 Å². The Morgan fingerprint density at radius 2 is 1.56 bits per heavy atom. The van der Waals surface area contributed by atoms with E-state index in [1.807, 2.05) is 0 Å². The van der Waals surface area contributed by atoms with Crippen LogP contribution in [0.15, 0.2) is 45.1 Å². The molecule has 0 unspecified atom stereocenters. The van der Waals surface area contributed by atoms with Gasteiger partial charge < -0.3 is 33.6 Å². The predicted octanol–water partition coefficient (Wildman–Crippen LogP) is 3.77. The second kappa shape index (κ2) is 8.93. The van der Waals surface area contributed by atoms with Crippen molar-refractivity contribution in [2.75, 3.05) is 21.3 Å². The first kappa shape index (κ1) is 22.5. The molecule has 0 spiro atoms. The van der Waals surface area contributed by atoms with Crippen molar-refractivity contribution in [3.05, 3.63) is 46.1 Å². The predicted molar refractivity (Wildman–Crippen MR) is 116 cm³/mol. The zero-order valence-electron chi connectivity index (χ0n) is 18.1. The first-order valence-corrected chi connectivity index (χ1v) is 9.45. The lowest BCUT2D eigenvalue weighted by Gasteiger charge is -2.16. The highest BCUT2D eigenvalue weighted by Crippen LogP contribution is 2.50. The number of ether oxygens (including phenoxy) is 4. The molecule has 168 valence electrons. The number of aromatic hydroxyl groups is 2. The minimum atomic E-state index is -0.790. The second-order valence-corrected chi connectivity index (χ2v) is 6.65. The van der Waals surface area contributed by atoms with Gasteiger partial charge in [0.15, 0.2) is 17.1 Å². The molecule has 32 heavy (non-hydrogen) atoms. The van der Waals surface area contributed by atoms with Crippen LogP contribution in [0.5, 0.6) is 34.5 Å². The summed E-state index contributed by atoms with van der Waals surface area (Å²) >= 11 is 0. The van der Waals surface area contributed by atoms with Crippen LogP contribution in [0.4, 0.5) is 0 Å². The molecule has 3 rings (SSSR count). The number of hydrogen-bond donors (Lipinski definition) is 2. The highest BCUT2D eigenvalue weighted by Gasteiger charge is 2.30. The molecule has 0 saturated heterocycles. The van der Waals surface area contributed by atoms with Crippen molar-refractivity contribution in [1.29, 1.82) is 0 Å². The number of allylic oxidation sites excluding steroid dienone is 1. The van der Waals surface area contributed by atoms with Crippen LogP contribution in [0.25, 0.3) is 22.3 Å². The summed E-state index contributed by atoms with van der Waals surface area (Å²) in [7, 11) is 3.96. The third-order valence-electron chi connectivity index (χ3n) is 4.87. The largest absolute Gasteiger partial charge is 0.504 e. The van der Waals surface area contributed by atoms with Crippen molar-refractivity contribution in [1.82, 2.24) is 0 Å². The maximum atomic E-state index is 13.2. The molecular weight excluding hydrogens is 420 g/mol. The average Bonchev–Trinajstić information content (AvgIpc) is 2.80. The summed E-state index contributed by atoms with van der Waals surface area (Å²) in [6.07, 6.45) is 1.52. The van der Waals surface area contributed by atoms with Gasteiger partial charge in [0, 0.05) is 11.1 Å². The number of carbonyl (C=O) groups excluding carboxylic acids is 1. The van der Waals surface area contributed by atoms with E-state index < -0.39 is 34.4 Å². The highest BCUT2D eigenvalue weighted by atomic mass is 16.6. The Labute approximate surface area is 183 Å². The van der Waals surface area contributed by atoms with Gasteiger partial charge in [-0.25, -0.2) is 4.79 Å². The fourth-order valence-corrected chi connectivity index (χ4v) is 3.03. The van der Waals surface area contributed by atoms with Gasteiger partial charge in [0.05, 0.1) is 21.3 Å². The Bertz CT molecular complexity index is 1270. The van der Waals surface area contributed by atoms with Crippen LogP contribution >= 0.6 is 0 Å². The Morgan fingerprint density at radius 3 is 2.09 bits per heavy atom. The van der Waals surface area contributed by atoms with E-state index in [0.717, 1.165) is 0 Å². The number of methoxy groups -OCH3 is 3. The van der Waals surface area contributed by atoms with Crippen LogP contribution < -0.4 is 24.4 Å². The Balaban J connectivity index is 2.42. The maximum absolute atomic E-state index is 13.2. The molecule has 0 aliphatic rings. The van der Waals surface area contributed by atoms with E-state index >= 15 is 0 Å². The first-order valence-electron chi connectivity index (χ1n) is 9.45. The molecule has 9 heteroatoms. The third-order valence-corrected chi connectivity index (χ3v) is 4.87. The van der Waals surface area contributed by atoms with Gasteiger partial charge in [0.2, 0.25) is 28.4 Å². The van der Waals surface area contributed by atoms with Crippen LogP contribution in [-0.2, 0) is 4.79 Å². The molecule has 0 bridgehead atoms. The molecule has 3 aromatic rings. The minimum Gasteiger partial charge on any atom is -0.504 e. The number of fused-ring (bicyclic) bond motifs is 1. The number of phenolic OH excluding ortho intramolecular Hbond substituents is 2. The number of hydrogen-bond acceptors (Lipinski definition) is 9. The summed E-state index contributed by atoms with van der Waals surface area (Å²) in [4.78, 5) is 25.6. The molecule has 1 heterocycles. The van der Waals surface area contributed by atoms with Crippen molar-refractivity contribution in [2.45, 2.75) is 13.8 Å². The summed E-state index contributed by atoms with van der Waals surface area (Å²) in [6.45, 7) is 3.15. The summed E-state index contributed by atoms with van der Waals surface area (Å²) in [5, 5.41) is 20.9. The van der Waals surface area contributed by atoms with Crippen LogP contribution in [-0.4, -0.2) is 37.5 Å². The lowest BCUT2D eigenvalue weighted by molar-refractivity contribution is -0.130. The molecule has 0 aliphatic carbocycles. The lowest BCUT2D eigenvalue weighted by Crippen LogP contribution is -2.12. The van der Waals surface area contributed by atoms with E-state index in [0.29, 0.717) is 11.3 Å². The average molecular weight is 442 g/mol. The first-order chi connectivity index (χ1) is 15.3. The van der Waals surface area contributed by atoms with E-state index in [4.69, 9.17) is 23.4 Å². The van der Waals surface area contributed by atoms with Gasteiger partial charge in [-0.15, -0.1) is 0 Å². The SMILES string of the molecule is CC=C(C)C(=O)Oc1c(O)c(OC)c(O)c2c(=O)c(OC)c(-c3ccc(OC)cc3)oc12. The number of carbonyl (C=O) groups is 1. The number of phenols is 2. The van der Waals surface area contributed by atoms with Gasteiger partial charge >= 0.3 is 5.97 Å². The summed E-state index contributed by atoms with van der Waals surface area (Å²) in [5.74, 6) is -2.74. The molecule has 0 atom stereocenters. The van der Waals surface area contributed by atoms with Crippen LogP contribution in [0.1, 0.15) is 13.8 Å². The fraction of sp³-hybridized carbons (Fsp3) is 0.217. The topological polar surface area (TPSA) is 125 Å². The molecule has 1 aromatic heterocycles. The van der Waals surface area contributed by atoms with Gasteiger partial charge in [0.1, 0.15) is 11.1 Å². The van der Waals surface area contributed by atoms with Gasteiger partial charge in [-0.1, -0.05) is 6.08 Å². The van der Waals surface area contributed by atoms with E-state index in [1.54, 1.807) is 31.2 Å². The van der Waals surface area contributed by atoms with Gasteiger partial charge in [-0.05, 0) is 38.1 Å². The smallest absolute Gasteiger partial charge is 0.339 e. The zero-order chi connectivity index (χ0) is 23.6. The third kappa shape index (κ3) is 3.68. The molecule has 0 aliphatic heterocycles. The van der Waals surface area contributed by atoms with Crippen molar-refractivity contribution in [2.24, 2.45) is 0 Å². The Kier molecular flexibility index (Phi) is 6.29. The molecule has 9 nitrogen and oxygen atoms in total. The standard InChI is InChI=1S/C23H22O9/c1-6-11(2)23(27)32-22-17(26)20(29-4)15(24)14-16(25)21(30-5)18(31-19(14)22)12-7-9-13(28-3)10-8-12/h6-10,24,26H,1-5H3. The number of rotatable bonds is 6. The van der Waals surface area contributed by atoms with Crippen LogP contribution in [0, 0.1) is 0 Å². The summed E-state index contributed by atoms with van der Waals surface area (Å²) in [6, 6.07) is 6.56. The molecular formula is C23H22O9. The summed E-state index contributed by atoms with van der Waals surface area (Å²) in [5.41, 5.74) is -0.417. The quantitative estimate of drug-likeness (QED) is 0.333. The molecule has 2 N–H and O–H groups in total. The van der Waals surface area contributed by atoms with Crippen molar-refractivity contribution in [3.8, 4) is 45.8 Å². The monoisotopic (exact) mass is 442 g/mol. The van der Waals surface area contributed by atoms with E-state index in [9.17, 15) is 19.8 Å². The Morgan fingerprint density at radius 1 is 0.938 bits per heavy atom. The zero-order valence-corrected chi connectivity index (χ0v) is 18.1. The van der Waals surface area contributed by atoms with Gasteiger partial charge in [-0.2, -0.15) is 0 Å². The summed E-state index contributed by atoms with van der Waals surface area (Å²) < 4.78 is 26.6. The number of esters is 1. The van der Waals surface area contributed by atoms with Gasteiger partial charge in [-0.3, -0.25) is 4.79 Å². The Hall–Kier alpha value is -4.14. The lowest BCUT2D eigenvalue weighted by atomic mass is 10.1. The molecule has 0 radical (unpaired) electrons. The molecule has 0 fully saturated rings. The molecule has 2 aromatic carbocycles. The fourth-order valence-electron chi connectivity index (χ4n) is 3.03. The van der Waals surface area contributed by atoms with Crippen molar-refractivity contribution in [3.63, 3.8) is 0 Å². The maximum Gasteiger partial charge on any atom is 0.339 e. The van der Waals surface area contributed by atoms with Crippen molar-refractivity contribution < 1.29 is 38.4 Å². The minimum absolute atomic E-state index is 0.00308. The van der Waals surface area contributed by atoms with Crippen molar-refractivity contribution >= 4 is 16.9 Å². The number of benzene rings is 2. The van der Waals surface area contributed by atoms with E-state index in [-0.39, 0.29) is 28.1 Å². The normalized spacial score (nSPS) is 11.3. The van der Waals surface area contributed by atoms with Crippen LogP contribution in [0.3, 0.4) is 0 Å². The highest BCUT2D eigenvalue weighted by molar-refractivity contribution is 5.99. The second-order valence-electron chi connectivity index (χ2n) is 6.65. The van der Waals surface area contributed by atoms with Crippen LogP contribution in [0.2, 0.25) is 0 Å². The molecule has 0 saturated carbocycles. The van der Waals surface area contributed by atoms with E-state index in [1.165, 1.54) is 34.3 Å².